The minimum absolute atomic E-state index is 0.00613. The quantitative estimate of drug-likeness (QED) is 0.426. The third-order valence-corrected chi connectivity index (χ3v) is 4.47. The maximum absolute atomic E-state index is 11.1. The Kier molecular flexibility index (Phi) is 4.71. The van der Waals surface area contributed by atoms with Crippen molar-refractivity contribution in [2.45, 2.75) is 24.7 Å². The number of methoxy groups -OCH3 is 1. The molecule has 0 fully saturated rings. The molecule has 26 heavy (non-hydrogen) atoms. The van der Waals surface area contributed by atoms with Crippen LogP contribution in [0.4, 0.5) is 11.4 Å². The van der Waals surface area contributed by atoms with Crippen LogP contribution in [0.2, 0.25) is 0 Å². The van der Waals surface area contributed by atoms with E-state index in [1.165, 1.54) is 31.4 Å². The van der Waals surface area contributed by atoms with E-state index in [9.17, 15) is 20.3 Å². The van der Waals surface area contributed by atoms with Crippen LogP contribution in [0.25, 0.3) is 0 Å². The van der Waals surface area contributed by atoms with Crippen molar-refractivity contribution in [1.29, 1.82) is 0 Å². The molecule has 0 aliphatic carbocycles. The molecule has 3 atom stereocenters. The van der Waals surface area contributed by atoms with E-state index in [0.29, 0.717) is 17.0 Å². The zero-order valence-electron chi connectivity index (χ0n) is 14.4. The number of aromatic hydroxyl groups is 1. The number of nitrogens with zero attached hydrogens (tertiary/aromatic N) is 1. The van der Waals surface area contributed by atoms with Gasteiger partial charge < -0.3 is 25.0 Å². The largest absolute Gasteiger partial charge is 0.506 e. The van der Waals surface area contributed by atoms with E-state index in [-0.39, 0.29) is 18.0 Å². The van der Waals surface area contributed by atoms with Crippen LogP contribution in [-0.4, -0.2) is 40.6 Å². The normalized spacial score (nSPS) is 24.4. The standard InChI is InChI=1S/C18H20N2O6/c1-18(10-25-2)17(22)16(19-13-5-3-4-6-14(13)21)12-9-11(20(23)24)7-8-15(12)26-18/h3-9,16-17,19,21-22H,10H2,1-2H3/t16-,17+,18+/m0/s1. The van der Waals surface area contributed by atoms with E-state index in [2.05, 4.69) is 5.32 Å². The van der Waals surface area contributed by atoms with E-state index in [1.807, 2.05) is 0 Å². The number of nitro groups is 1. The molecule has 0 bridgehead atoms. The maximum atomic E-state index is 11.1. The highest BCUT2D eigenvalue weighted by molar-refractivity contribution is 5.59. The lowest BCUT2D eigenvalue weighted by molar-refractivity contribution is -0.385. The van der Waals surface area contributed by atoms with Gasteiger partial charge in [-0.2, -0.15) is 0 Å². The summed E-state index contributed by atoms with van der Waals surface area (Å²) in [5.41, 5.74) is -0.349. The number of fused-ring (bicyclic) bond motifs is 1. The van der Waals surface area contributed by atoms with Crippen LogP contribution in [0, 0.1) is 10.1 Å². The van der Waals surface area contributed by atoms with Crippen molar-refractivity contribution < 1.29 is 24.6 Å². The number of benzene rings is 2. The Morgan fingerprint density at radius 3 is 2.73 bits per heavy atom. The van der Waals surface area contributed by atoms with Gasteiger partial charge in [0.1, 0.15) is 17.6 Å². The van der Waals surface area contributed by atoms with Gasteiger partial charge in [0.2, 0.25) is 0 Å². The first-order valence-electron chi connectivity index (χ1n) is 8.04. The SMILES string of the molecule is COC[C@@]1(C)Oc2ccc([N+](=O)[O-])cc2[C@H](Nc2ccccc2O)[C@H]1O. The van der Waals surface area contributed by atoms with Gasteiger partial charge in [-0.05, 0) is 25.1 Å². The molecule has 8 nitrogen and oxygen atoms in total. The molecular formula is C18H20N2O6. The number of aliphatic hydroxyl groups excluding tert-OH is 1. The van der Waals surface area contributed by atoms with Crippen molar-refractivity contribution in [2.24, 2.45) is 0 Å². The summed E-state index contributed by atoms with van der Waals surface area (Å²) in [6.45, 7) is 1.81. The fraction of sp³-hybridized carbons (Fsp3) is 0.333. The van der Waals surface area contributed by atoms with Crippen LogP contribution in [0.15, 0.2) is 42.5 Å². The summed E-state index contributed by atoms with van der Waals surface area (Å²) < 4.78 is 11.1. The molecule has 2 aromatic carbocycles. The van der Waals surface area contributed by atoms with E-state index in [0.717, 1.165) is 0 Å². The van der Waals surface area contributed by atoms with Crippen LogP contribution in [-0.2, 0) is 4.74 Å². The summed E-state index contributed by atoms with van der Waals surface area (Å²) in [7, 11) is 1.50. The number of ether oxygens (including phenoxy) is 2. The summed E-state index contributed by atoms with van der Waals surface area (Å²) >= 11 is 0. The van der Waals surface area contributed by atoms with Gasteiger partial charge in [-0.1, -0.05) is 12.1 Å². The van der Waals surface area contributed by atoms with Crippen molar-refractivity contribution in [3.05, 3.63) is 58.1 Å². The van der Waals surface area contributed by atoms with Gasteiger partial charge in [-0.3, -0.25) is 10.1 Å². The molecule has 1 aliphatic heterocycles. The summed E-state index contributed by atoms with van der Waals surface area (Å²) in [6.07, 6.45) is -1.09. The Labute approximate surface area is 150 Å². The maximum Gasteiger partial charge on any atom is 0.270 e. The van der Waals surface area contributed by atoms with Crippen LogP contribution in [0.5, 0.6) is 11.5 Å². The molecule has 3 rings (SSSR count). The Morgan fingerprint density at radius 2 is 2.08 bits per heavy atom. The van der Waals surface area contributed by atoms with Gasteiger partial charge in [0.05, 0.1) is 23.3 Å². The molecule has 0 spiro atoms. The Morgan fingerprint density at radius 1 is 1.35 bits per heavy atom. The molecule has 0 radical (unpaired) electrons. The Balaban J connectivity index is 2.08. The molecule has 0 saturated carbocycles. The highest BCUT2D eigenvalue weighted by Crippen LogP contribution is 2.43. The van der Waals surface area contributed by atoms with Crippen molar-refractivity contribution in [1.82, 2.24) is 0 Å². The monoisotopic (exact) mass is 360 g/mol. The molecule has 1 aliphatic rings. The lowest BCUT2D eigenvalue weighted by Gasteiger charge is -2.44. The number of nitrogens with one attached hydrogen (secondary N) is 1. The second-order valence-electron chi connectivity index (χ2n) is 6.41. The first-order chi connectivity index (χ1) is 12.4. The second-order valence-corrected chi connectivity index (χ2v) is 6.41. The lowest BCUT2D eigenvalue weighted by atomic mass is 9.85. The first-order valence-corrected chi connectivity index (χ1v) is 8.04. The Hall–Kier alpha value is -2.84. The van der Waals surface area contributed by atoms with Crippen molar-refractivity contribution in [3.63, 3.8) is 0 Å². The van der Waals surface area contributed by atoms with Gasteiger partial charge in [0.25, 0.3) is 5.69 Å². The number of phenols is 1. The lowest BCUT2D eigenvalue weighted by Crippen LogP contribution is -2.55. The van der Waals surface area contributed by atoms with Gasteiger partial charge in [-0.15, -0.1) is 0 Å². The smallest absolute Gasteiger partial charge is 0.270 e. The molecule has 0 aromatic heterocycles. The molecule has 2 aromatic rings. The molecule has 3 N–H and O–H groups in total. The predicted molar refractivity (Wildman–Crippen MR) is 94.5 cm³/mol. The molecule has 0 amide bonds. The topological polar surface area (TPSA) is 114 Å². The summed E-state index contributed by atoms with van der Waals surface area (Å²) in [4.78, 5) is 10.6. The molecule has 0 saturated heterocycles. The van der Waals surface area contributed by atoms with Crippen LogP contribution >= 0.6 is 0 Å². The van der Waals surface area contributed by atoms with Gasteiger partial charge in [-0.25, -0.2) is 0 Å². The molecular weight excluding hydrogens is 340 g/mol. The van der Waals surface area contributed by atoms with E-state index < -0.39 is 22.7 Å². The number of nitro benzene ring substituents is 1. The van der Waals surface area contributed by atoms with Crippen LogP contribution in [0.3, 0.4) is 0 Å². The first kappa shape index (κ1) is 18.0. The zero-order chi connectivity index (χ0) is 18.9. The Bertz CT molecular complexity index is 827. The molecule has 0 unspecified atom stereocenters. The number of anilines is 1. The number of hydrogen-bond donors (Lipinski definition) is 3. The highest BCUT2D eigenvalue weighted by Gasteiger charge is 2.47. The number of aliphatic hydroxyl groups is 1. The number of hydrogen-bond acceptors (Lipinski definition) is 7. The number of phenolic OH excluding ortho intramolecular Hbond substituents is 1. The number of non-ortho nitro benzene ring substituents is 1. The highest BCUT2D eigenvalue weighted by atomic mass is 16.6. The van der Waals surface area contributed by atoms with Crippen molar-refractivity contribution in [3.8, 4) is 11.5 Å². The predicted octanol–water partition coefficient (Wildman–Crippen LogP) is 2.61. The fourth-order valence-corrected chi connectivity index (χ4v) is 3.14. The van der Waals surface area contributed by atoms with Gasteiger partial charge >= 0.3 is 0 Å². The third-order valence-electron chi connectivity index (χ3n) is 4.47. The van der Waals surface area contributed by atoms with E-state index in [4.69, 9.17) is 9.47 Å². The van der Waals surface area contributed by atoms with Gasteiger partial charge in [0.15, 0.2) is 5.60 Å². The summed E-state index contributed by atoms with van der Waals surface area (Å²) in [6, 6.07) is 10.0. The van der Waals surface area contributed by atoms with E-state index in [1.54, 1.807) is 25.1 Å². The van der Waals surface area contributed by atoms with Crippen LogP contribution < -0.4 is 10.1 Å². The number of para-hydroxylation sites is 2. The minimum Gasteiger partial charge on any atom is -0.506 e. The molecule has 1 heterocycles. The average Bonchev–Trinajstić information content (AvgIpc) is 2.60. The van der Waals surface area contributed by atoms with E-state index >= 15 is 0 Å². The average molecular weight is 360 g/mol. The molecule has 138 valence electrons. The van der Waals surface area contributed by atoms with Crippen molar-refractivity contribution >= 4 is 11.4 Å². The second kappa shape index (κ2) is 6.81. The van der Waals surface area contributed by atoms with Crippen LogP contribution in [0.1, 0.15) is 18.5 Å². The fourth-order valence-electron chi connectivity index (χ4n) is 3.14. The van der Waals surface area contributed by atoms with Crippen molar-refractivity contribution in [2.75, 3.05) is 19.0 Å². The zero-order valence-corrected chi connectivity index (χ0v) is 14.4. The minimum atomic E-state index is -1.09. The molecule has 8 heteroatoms. The number of rotatable bonds is 5. The van der Waals surface area contributed by atoms with Gasteiger partial charge in [0, 0.05) is 24.8 Å². The summed E-state index contributed by atoms with van der Waals surface area (Å²) in [5, 5.41) is 35.2. The third kappa shape index (κ3) is 3.16. The summed E-state index contributed by atoms with van der Waals surface area (Å²) in [5.74, 6) is 0.417.